The number of hydrogen-bond acceptors (Lipinski definition) is 12. The van der Waals surface area contributed by atoms with Crippen LogP contribution in [-0.4, -0.2) is 135 Å². The summed E-state index contributed by atoms with van der Waals surface area (Å²) in [5.41, 5.74) is 0.780. The van der Waals surface area contributed by atoms with Crippen LogP contribution in [0, 0.1) is 17.8 Å². The molecule has 0 saturated carbocycles. The molecule has 406 valence electrons. The number of epoxide rings is 1. The Hall–Kier alpha value is -6.51. The fraction of sp³-hybridized carbons (Fsp3) is 0.574. The minimum atomic E-state index is -1.48. The van der Waals surface area contributed by atoms with E-state index in [1.54, 1.807) is 19.1 Å². The van der Waals surface area contributed by atoms with Crippen molar-refractivity contribution in [1.82, 2.24) is 41.0 Å². The van der Waals surface area contributed by atoms with Crippen LogP contribution in [0.1, 0.15) is 106 Å². The van der Waals surface area contributed by atoms with Crippen LogP contribution < -0.4 is 36.9 Å². The number of carbonyl (C=O) groups is 7. The van der Waals surface area contributed by atoms with Gasteiger partial charge in [0.1, 0.15) is 48.4 Å². The fourth-order valence-corrected chi connectivity index (χ4v) is 9.51. The normalized spacial score (nSPS) is 24.5. The van der Waals surface area contributed by atoms with Crippen molar-refractivity contribution in [2.75, 3.05) is 25.9 Å². The Morgan fingerprint density at radius 1 is 0.716 bits per heavy atom. The lowest BCUT2D eigenvalue weighted by Crippen LogP contribution is -2.60. The van der Waals surface area contributed by atoms with Crippen molar-refractivity contribution < 1.29 is 53.8 Å². The Kier molecular flexibility index (Phi) is 19.8. The SMILES string of the molecule is CC=CCC1NC(=O)C(CC(C)C)NC(=O)C(CC(C)C)N(C)C(=O)C(C)NC(=O)C(Cc2ccc([O-])c(N(O)O)c2)NC(=O)C(CC(C)C)N(C)C(=O)C(Cc2cn(C(C)(C)C3CO3)c3ccccc23)NC1=O. The standard InChI is InChI=1S/C54H79N9O11/c1-13-14-18-37-47(65)59-40(27-35-28-62(54(9,10)46-29-74-46)41-19-16-15-17-36(35)41)53(71)61(12)44(24-32(6)7)51(69)58-39(25-34-20-21-45(64)42(26-34)63(72)73)48(66)55-33(8)52(70)60(11)43(23-31(4)5)50(68)57-38(22-30(2)3)49(67)56-37/h13-17,19-21,26,28,30-33,37-40,43-44,46,64,72-73H,18,22-25,27,29H2,1-12H3,(H,55,66)(H,56,67)(H,57,68)(H,58,69)(H,59,65)/p-1. The van der Waals surface area contributed by atoms with Gasteiger partial charge in [-0.3, -0.25) is 44.0 Å². The number of hydrogen-bond donors (Lipinski definition) is 7. The van der Waals surface area contributed by atoms with Gasteiger partial charge in [0.05, 0.1) is 17.8 Å². The summed E-state index contributed by atoms with van der Waals surface area (Å²) in [7, 11) is 2.86. The number of aromatic nitrogens is 1. The van der Waals surface area contributed by atoms with Crippen LogP contribution in [0.3, 0.4) is 0 Å². The molecule has 0 aliphatic carbocycles. The molecule has 7 amide bonds. The van der Waals surface area contributed by atoms with Crippen LogP contribution in [0.4, 0.5) is 5.69 Å². The molecule has 3 aromatic rings. The molecular formula is C54H78N9O11-. The van der Waals surface area contributed by atoms with Crippen molar-refractivity contribution in [2.24, 2.45) is 17.8 Å². The van der Waals surface area contributed by atoms with Crippen LogP contribution in [0.15, 0.2) is 60.8 Å². The first-order valence-electron chi connectivity index (χ1n) is 25.6. The van der Waals surface area contributed by atoms with E-state index in [9.17, 15) is 44.3 Å². The molecule has 1 aromatic heterocycles. The van der Waals surface area contributed by atoms with E-state index >= 15 is 4.79 Å². The van der Waals surface area contributed by atoms with Gasteiger partial charge in [-0.15, -0.1) is 5.23 Å². The highest BCUT2D eigenvalue weighted by Gasteiger charge is 2.43. The smallest absolute Gasteiger partial charge is 0.245 e. The zero-order chi connectivity index (χ0) is 54.9. The number of para-hydroxylation sites is 1. The number of likely N-dealkylation sites (N-methyl/N-ethyl adjacent to an activating group) is 2. The highest BCUT2D eigenvalue weighted by Crippen LogP contribution is 2.36. The van der Waals surface area contributed by atoms with E-state index in [0.717, 1.165) is 23.0 Å². The number of benzene rings is 2. The lowest BCUT2D eigenvalue weighted by molar-refractivity contribution is -0.268. The summed E-state index contributed by atoms with van der Waals surface area (Å²) in [5.74, 6) is -6.11. The molecule has 2 aromatic carbocycles. The van der Waals surface area contributed by atoms with E-state index in [0.29, 0.717) is 12.2 Å². The van der Waals surface area contributed by atoms with Gasteiger partial charge in [0.15, 0.2) is 0 Å². The van der Waals surface area contributed by atoms with Crippen LogP contribution >= 0.6 is 0 Å². The van der Waals surface area contributed by atoms with Crippen molar-refractivity contribution in [1.29, 1.82) is 0 Å². The first-order valence-corrected chi connectivity index (χ1v) is 25.6. The van der Waals surface area contributed by atoms with Crippen molar-refractivity contribution in [3.8, 4) is 5.75 Å². The van der Waals surface area contributed by atoms with Crippen molar-refractivity contribution in [3.05, 3.63) is 71.9 Å². The van der Waals surface area contributed by atoms with E-state index < -0.39 is 101 Å². The van der Waals surface area contributed by atoms with E-state index in [4.69, 9.17) is 4.74 Å². The number of anilines is 1. The molecule has 2 aliphatic rings. The molecule has 2 aliphatic heterocycles. The highest BCUT2D eigenvalue weighted by atomic mass is 16.8. The molecule has 20 nitrogen and oxygen atoms in total. The van der Waals surface area contributed by atoms with E-state index in [-0.39, 0.29) is 73.2 Å². The lowest BCUT2D eigenvalue weighted by Gasteiger charge is -2.33. The predicted octanol–water partition coefficient (Wildman–Crippen LogP) is 3.43. The zero-order valence-corrected chi connectivity index (χ0v) is 44.9. The summed E-state index contributed by atoms with van der Waals surface area (Å²) < 4.78 is 7.85. The average molecular weight is 1030 g/mol. The molecule has 2 fully saturated rings. The fourth-order valence-electron chi connectivity index (χ4n) is 9.51. The summed E-state index contributed by atoms with van der Waals surface area (Å²) in [6.45, 7) is 19.1. The second-order valence-corrected chi connectivity index (χ2v) is 21.6. The molecule has 8 unspecified atom stereocenters. The Morgan fingerprint density at radius 2 is 1.24 bits per heavy atom. The summed E-state index contributed by atoms with van der Waals surface area (Å²) in [6.07, 6.45) is 5.37. The number of amides is 7. The Bertz CT molecular complexity index is 2530. The molecular weight excluding hydrogens is 951 g/mol. The molecule has 8 atom stereocenters. The van der Waals surface area contributed by atoms with Crippen LogP contribution in [0.25, 0.3) is 10.9 Å². The van der Waals surface area contributed by atoms with Crippen LogP contribution in [0.2, 0.25) is 0 Å². The van der Waals surface area contributed by atoms with Gasteiger partial charge in [-0.05, 0) is 94.4 Å². The molecule has 74 heavy (non-hydrogen) atoms. The number of carbonyl (C=O) groups excluding carboxylic acids is 7. The highest BCUT2D eigenvalue weighted by molar-refractivity contribution is 5.99. The van der Waals surface area contributed by atoms with E-state index in [1.807, 2.05) is 72.0 Å². The third-order valence-corrected chi connectivity index (χ3v) is 13.8. The maximum Gasteiger partial charge on any atom is 0.245 e. The number of allylic oxidation sites excluding steroid dienone is 1. The molecule has 2 saturated heterocycles. The van der Waals surface area contributed by atoms with Gasteiger partial charge in [-0.2, -0.15) is 0 Å². The minimum absolute atomic E-state index is 0.0155. The van der Waals surface area contributed by atoms with Crippen molar-refractivity contribution >= 4 is 57.9 Å². The number of rotatable bonds is 15. The van der Waals surface area contributed by atoms with Crippen molar-refractivity contribution in [3.63, 3.8) is 0 Å². The third-order valence-electron chi connectivity index (χ3n) is 13.8. The molecule has 0 bridgehead atoms. The largest absolute Gasteiger partial charge is 0.871 e. The summed E-state index contributed by atoms with van der Waals surface area (Å²) in [6, 6.07) is 2.38. The van der Waals surface area contributed by atoms with Gasteiger partial charge < -0.3 is 50.8 Å². The molecule has 0 radical (unpaired) electrons. The van der Waals surface area contributed by atoms with Gasteiger partial charge in [0.25, 0.3) is 0 Å². The Balaban J connectivity index is 1.68. The number of ether oxygens (including phenoxy) is 1. The molecule has 0 spiro atoms. The molecule has 20 heteroatoms. The molecule has 3 heterocycles. The number of fused-ring (bicyclic) bond motifs is 1. The minimum Gasteiger partial charge on any atom is -0.871 e. The second-order valence-electron chi connectivity index (χ2n) is 21.6. The average Bonchev–Trinajstić information content (AvgIpc) is 4.14. The topological polar surface area (TPSA) is 270 Å². The van der Waals surface area contributed by atoms with Gasteiger partial charge in [0.2, 0.25) is 41.4 Å². The lowest BCUT2D eigenvalue weighted by atomic mass is 9.98. The summed E-state index contributed by atoms with van der Waals surface area (Å²) >= 11 is 0. The Labute approximate surface area is 434 Å². The van der Waals surface area contributed by atoms with Crippen LogP contribution in [-0.2, 0) is 56.7 Å². The van der Waals surface area contributed by atoms with Gasteiger partial charge >= 0.3 is 0 Å². The monoisotopic (exact) mass is 1030 g/mol. The van der Waals surface area contributed by atoms with E-state index in [1.165, 1.54) is 36.9 Å². The quantitative estimate of drug-likeness (QED) is 0.0656. The first-order chi connectivity index (χ1) is 34.7. The van der Waals surface area contributed by atoms with Crippen molar-refractivity contribution in [2.45, 2.75) is 162 Å². The summed E-state index contributed by atoms with van der Waals surface area (Å²) in [4.78, 5) is 105. The number of nitrogens with zero attached hydrogens (tertiary/aromatic N) is 4. The predicted molar refractivity (Wildman–Crippen MR) is 277 cm³/mol. The summed E-state index contributed by atoms with van der Waals surface area (Å²) in [5, 5.41) is 46.7. The van der Waals surface area contributed by atoms with Gasteiger partial charge in [-0.25, -0.2) is 0 Å². The molecule has 5 rings (SSSR count). The Morgan fingerprint density at radius 3 is 1.81 bits per heavy atom. The maximum absolute atomic E-state index is 15.3. The maximum atomic E-state index is 15.3. The van der Waals surface area contributed by atoms with Gasteiger partial charge in [0, 0.05) is 44.0 Å². The molecule has 7 N–H and O–H groups in total. The number of nitrogens with one attached hydrogen (secondary N) is 5. The van der Waals surface area contributed by atoms with Gasteiger partial charge in [-0.1, -0.05) is 89.8 Å². The van der Waals surface area contributed by atoms with Crippen LogP contribution in [0.5, 0.6) is 5.75 Å². The zero-order valence-electron chi connectivity index (χ0n) is 44.9. The third kappa shape index (κ3) is 14.6. The second kappa shape index (κ2) is 25.1. The first kappa shape index (κ1) is 58.4. The van der Waals surface area contributed by atoms with E-state index in [2.05, 4.69) is 45.0 Å².